The molecule has 0 spiro atoms. The molecule has 2 aromatic rings. The van der Waals surface area contributed by atoms with Crippen LogP contribution in [0.1, 0.15) is 32.3 Å². The standard InChI is InChI=1S/C16H24N4/c1-16(2,3)15-18-13(12-19-10-7-17-8-11-19)14-6-4-5-9-20(14)15/h4-6,9,17H,7-8,10-12H2,1-3H3. The molecular weight excluding hydrogens is 248 g/mol. The lowest BCUT2D eigenvalue weighted by atomic mass is 9.96. The molecule has 2 aromatic heterocycles. The van der Waals surface area contributed by atoms with Crippen LogP contribution in [0.15, 0.2) is 24.4 Å². The van der Waals surface area contributed by atoms with Gasteiger partial charge in [0.05, 0.1) is 11.2 Å². The molecule has 1 aliphatic heterocycles. The van der Waals surface area contributed by atoms with E-state index in [1.54, 1.807) is 0 Å². The van der Waals surface area contributed by atoms with Crippen molar-refractivity contribution in [2.45, 2.75) is 32.7 Å². The molecule has 1 aliphatic rings. The predicted molar refractivity (Wildman–Crippen MR) is 82.0 cm³/mol. The van der Waals surface area contributed by atoms with Crippen LogP contribution < -0.4 is 5.32 Å². The molecule has 3 rings (SSSR count). The van der Waals surface area contributed by atoms with Crippen LogP contribution in [0.4, 0.5) is 0 Å². The molecule has 0 unspecified atom stereocenters. The molecule has 3 heterocycles. The highest BCUT2D eigenvalue weighted by Gasteiger charge is 2.23. The monoisotopic (exact) mass is 272 g/mol. The first-order valence-electron chi connectivity index (χ1n) is 7.45. The average Bonchev–Trinajstić information content (AvgIpc) is 2.79. The summed E-state index contributed by atoms with van der Waals surface area (Å²) in [5, 5.41) is 3.40. The molecule has 0 bridgehead atoms. The fourth-order valence-corrected chi connectivity index (χ4v) is 2.83. The van der Waals surface area contributed by atoms with Crippen molar-refractivity contribution in [3.05, 3.63) is 35.9 Å². The summed E-state index contributed by atoms with van der Waals surface area (Å²) in [6, 6.07) is 6.36. The van der Waals surface area contributed by atoms with Crippen molar-refractivity contribution in [3.8, 4) is 0 Å². The van der Waals surface area contributed by atoms with Gasteiger partial charge in [0.25, 0.3) is 0 Å². The molecule has 108 valence electrons. The number of nitrogens with one attached hydrogen (secondary N) is 1. The molecule has 1 saturated heterocycles. The zero-order valence-corrected chi connectivity index (χ0v) is 12.7. The van der Waals surface area contributed by atoms with Crippen LogP contribution in [-0.4, -0.2) is 40.5 Å². The fraction of sp³-hybridized carbons (Fsp3) is 0.562. The van der Waals surface area contributed by atoms with Crippen LogP contribution in [-0.2, 0) is 12.0 Å². The van der Waals surface area contributed by atoms with Gasteiger partial charge in [0.1, 0.15) is 5.82 Å². The average molecular weight is 272 g/mol. The van der Waals surface area contributed by atoms with Crippen molar-refractivity contribution in [1.29, 1.82) is 0 Å². The highest BCUT2D eigenvalue weighted by atomic mass is 15.2. The Morgan fingerprint density at radius 1 is 1.20 bits per heavy atom. The SMILES string of the molecule is CC(C)(C)c1nc(CN2CCNCC2)c2ccccn12. The third kappa shape index (κ3) is 2.58. The zero-order valence-electron chi connectivity index (χ0n) is 12.7. The summed E-state index contributed by atoms with van der Waals surface area (Å²) < 4.78 is 2.25. The molecule has 4 nitrogen and oxygen atoms in total. The second-order valence-corrected chi connectivity index (χ2v) is 6.61. The lowest BCUT2D eigenvalue weighted by molar-refractivity contribution is 0.231. The van der Waals surface area contributed by atoms with Gasteiger partial charge in [-0.15, -0.1) is 0 Å². The summed E-state index contributed by atoms with van der Waals surface area (Å²) in [4.78, 5) is 7.44. The van der Waals surface area contributed by atoms with E-state index in [-0.39, 0.29) is 5.41 Å². The van der Waals surface area contributed by atoms with Gasteiger partial charge in [-0.2, -0.15) is 0 Å². The van der Waals surface area contributed by atoms with Crippen LogP contribution in [0.3, 0.4) is 0 Å². The summed E-state index contributed by atoms with van der Waals surface area (Å²) in [6.45, 7) is 12.0. The van der Waals surface area contributed by atoms with Gasteiger partial charge in [0, 0.05) is 44.3 Å². The number of hydrogen-bond acceptors (Lipinski definition) is 3. The minimum atomic E-state index is 0.0615. The highest BCUT2D eigenvalue weighted by molar-refractivity contribution is 5.53. The topological polar surface area (TPSA) is 32.6 Å². The van der Waals surface area contributed by atoms with Gasteiger partial charge in [-0.3, -0.25) is 4.90 Å². The minimum absolute atomic E-state index is 0.0615. The van der Waals surface area contributed by atoms with E-state index >= 15 is 0 Å². The van der Waals surface area contributed by atoms with E-state index in [4.69, 9.17) is 4.98 Å². The molecule has 1 N–H and O–H groups in total. The Morgan fingerprint density at radius 2 is 1.95 bits per heavy atom. The molecule has 0 radical (unpaired) electrons. The number of piperazine rings is 1. The normalized spacial score (nSPS) is 17.8. The molecule has 0 aromatic carbocycles. The van der Waals surface area contributed by atoms with Gasteiger partial charge in [-0.1, -0.05) is 26.8 Å². The second-order valence-electron chi connectivity index (χ2n) is 6.61. The summed E-state index contributed by atoms with van der Waals surface area (Å²) in [5.41, 5.74) is 2.51. The summed E-state index contributed by atoms with van der Waals surface area (Å²) in [7, 11) is 0. The third-order valence-corrected chi connectivity index (χ3v) is 3.88. The van der Waals surface area contributed by atoms with Crippen LogP contribution in [0.25, 0.3) is 5.52 Å². The molecule has 20 heavy (non-hydrogen) atoms. The Labute approximate surface area is 120 Å². The number of fused-ring (bicyclic) bond motifs is 1. The maximum Gasteiger partial charge on any atom is 0.119 e. The van der Waals surface area contributed by atoms with Crippen LogP contribution in [0, 0.1) is 0 Å². The van der Waals surface area contributed by atoms with Crippen LogP contribution in [0.5, 0.6) is 0 Å². The van der Waals surface area contributed by atoms with E-state index in [2.05, 4.69) is 59.8 Å². The van der Waals surface area contributed by atoms with Gasteiger partial charge in [-0.25, -0.2) is 4.98 Å². The fourth-order valence-electron chi connectivity index (χ4n) is 2.83. The van der Waals surface area contributed by atoms with Crippen LogP contribution in [0.2, 0.25) is 0 Å². The van der Waals surface area contributed by atoms with Gasteiger partial charge >= 0.3 is 0 Å². The molecule has 4 heteroatoms. The van der Waals surface area contributed by atoms with Crippen molar-refractivity contribution in [2.24, 2.45) is 0 Å². The Bertz CT molecular complexity index is 588. The number of rotatable bonds is 2. The summed E-state index contributed by atoms with van der Waals surface area (Å²) in [6.07, 6.45) is 2.13. The van der Waals surface area contributed by atoms with Crippen molar-refractivity contribution < 1.29 is 0 Å². The van der Waals surface area contributed by atoms with Crippen LogP contribution >= 0.6 is 0 Å². The highest BCUT2D eigenvalue weighted by Crippen LogP contribution is 2.25. The van der Waals surface area contributed by atoms with E-state index in [1.807, 2.05) is 0 Å². The minimum Gasteiger partial charge on any atom is -0.314 e. The first kappa shape index (κ1) is 13.6. The van der Waals surface area contributed by atoms with E-state index in [0.717, 1.165) is 38.5 Å². The molecule has 0 atom stereocenters. The maximum absolute atomic E-state index is 4.96. The Balaban J connectivity index is 1.98. The Kier molecular flexibility index (Phi) is 3.52. The Morgan fingerprint density at radius 3 is 2.65 bits per heavy atom. The molecule has 0 amide bonds. The number of hydrogen-bond donors (Lipinski definition) is 1. The van der Waals surface area contributed by atoms with E-state index in [0.29, 0.717) is 0 Å². The molecule has 0 aliphatic carbocycles. The molecule has 0 saturated carbocycles. The van der Waals surface area contributed by atoms with Gasteiger partial charge in [-0.05, 0) is 12.1 Å². The first-order chi connectivity index (χ1) is 9.55. The second kappa shape index (κ2) is 5.19. The maximum atomic E-state index is 4.96. The smallest absolute Gasteiger partial charge is 0.119 e. The number of nitrogens with zero attached hydrogens (tertiary/aromatic N) is 3. The van der Waals surface area contributed by atoms with Crippen molar-refractivity contribution >= 4 is 5.52 Å². The van der Waals surface area contributed by atoms with Gasteiger partial charge in [0.15, 0.2) is 0 Å². The third-order valence-electron chi connectivity index (χ3n) is 3.88. The summed E-state index contributed by atoms with van der Waals surface area (Å²) in [5.74, 6) is 1.15. The first-order valence-corrected chi connectivity index (χ1v) is 7.45. The van der Waals surface area contributed by atoms with E-state index in [9.17, 15) is 0 Å². The van der Waals surface area contributed by atoms with Crippen molar-refractivity contribution in [3.63, 3.8) is 0 Å². The summed E-state index contributed by atoms with van der Waals surface area (Å²) >= 11 is 0. The molecular formula is C16H24N4. The lowest BCUT2D eigenvalue weighted by Crippen LogP contribution is -2.43. The number of imidazole rings is 1. The number of pyridine rings is 1. The van der Waals surface area contributed by atoms with Gasteiger partial charge < -0.3 is 9.72 Å². The van der Waals surface area contributed by atoms with Crippen molar-refractivity contribution in [2.75, 3.05) is 26.2 Å². The lowest BCUT2D eigenvalue weighted by Gasteiger charge is -2.26. The van der Waals surface area contributed by atoms with Gasteiger partial charge in [0.2, 0.25) is 0 Å². The largest absolute Gasteiger partial charge is 0.314 e. The Hall–Kier alpha value is -1.39. The number of aromatic nitrogens is 2. The van der Waals surface area contributed by atoms with Crippen molar-refractivity contribution in [1.82, 2.24) is 19.6 Å². The zero-order chi connectivity index (χ0) is 14.2. The molecule has 1 fully saturated rings. The van der Waals surface area contributed by atoms with E-state index < -0.39 is 0 Å². The van der Waals surface area contributed by atoms with E-state index in [1.165, 1.54) is 11.2 Å². The predicted octanol–water partition coefficient (Wildman–Crippen LogP) is 2.04. The quantitative estimate of drug-likeness (QED) is 0.908.